The van der Waals surface area contributed by atoms with Gasteiger partial charge in [-0.3, -0.25) is 0 Å². The van der Waals surface area contributed by atoms with Gasteiger partial charge in [0.2, 0.25) is 0 Å². The third-order valence-corrected chi connectivity index (χ3v) is 14.6. The number of hydrogen-bond acceptors (Lipinski definition) is 10. The lowest BCUT2D eigenvalue weighted by Crippen LogP contribution is -2.12. The van der Waals surface area contributed by atoms with Gasteiger partial charge in [0.15, 0.2) is 0 Å². The Labute approximate surface area is 469 Å². The van der Waals surface area contributed by atoms with Crippen LogP contribution in [0, 0.1) is 0 Å². The summed E-state index contributed by atoms with van der Waals surface area (Å²) in [6.45, 7) is 25.6. The van der Waals surface area contributed by atoms with E-state index < -0.39 is 0 Å². The van der Waals surface area contributed by atoms with E-state index >= 15 is 0 Å². The molecule has 0 spiro atoms. The molecule has 0 saturated carbocycles. The van der Waals surface area contributed by atoms with Crippen LogP contribution < -0.4 is 0 Å². The highest BCUT2D eigenvalue weighted by Gasteiger charge is 2.26. The summed E-state index contributed by atoms with van der Waals surface area (Å²) in [6.07, 6.45) is 0. The first-order chi connectivity index (χ1) is 37.8. The Hall–Kier alpha value is -9.02. The Bertz CT molecular complexity index is 3750. The van der Waals surface area contributed by atoms with Crippen molar-refractivity contribution in [3.63, 3.8) is 0 Å². The van der Waals surface area contributed by atoms with Gasteiger partial charge in [0.1, 0.15) is 23.0 Å². The summed E-state index contributed by atoms with van der Waals surface area (Å²) in [5.74, 6) is 0.359. The molecule has 0 atom stereocenters. The van der Waals surface area contributed by atoms with Gasteiger partial charge in [-0.15, -0.1) is 0 Å². The van der Waals surface area contributed by atoms with Crippen LogP contribution >= 0.6 is 0 Å². The van der Waals surface area contributed by atoms with Crippen molar-refractivity contribution in [3.05, 3.63) is 192 Å². The first kappa shape index (κ1) is 54.3. The predicted molar refractivity (Wildman–Crippen MR) is 324 cm³/mol. The predicted octanol–water partition coefficient (Wildman–Crippen LogP) is 17.1. The number of phenols is 4. The molecule has 0 aliphatic carbocycles. The average Bonchev–Trinajstić information content (AvgIpc) is 3.45. The maximum atomic E-state index is 12.4. The van der Waals surface area contributed by atoms with E-state index in [0.717, 1.165) is 22.3 Å². The summed E-state index contributed by atoms with van der Waals surface area (Å²) >= 11 is 0. The Kier molecular flexibility index (Phi) is 14.0. The van der Waals surface area contributed by atoms with E-state index in [-0.39, 0.29) is 44.7 Å². The Balaban J connectivity index is 1.00. The maximum absolute atomic E-state index is 12.4. The van der Waals surface area contributed by atoms with E-state index in [9.17, 15) is 20.4 Å². The smallest absolute Gasteiger partial charge is 0.134 e. The number of aromatic hydroxyl groups is 4. The second-order valence-corrected chi connectivity index (χ2v) is 24.8. The Morgan fingerprint density at radius 1 is 0.225 bits per heavy atom. The van der Waals surface area contributed by atoms with Gasteiger partial charge in [-0.2, -0.15) is 0 Å². The Morgan fingerprint density at radius 3 is 0.625 bits per heavy atom. The van der Waals surface area contributed by atoms with Crippen LogP contribution in [-0.2, 0) is 21.7 Å². The van der Waals surface area contributed by atoms with Gasteiger partial charge < -0.3 is 20.4 Å². The van der Waals surface area contributed by atoms with Gasteiger partial charge >= 0.3 is 0 Å². The molecule has 4 N–H and O–H groups in total. The fraction of sp³-hybridized carbons (Fsp3) is 0.229. The summed E-state index contributed by atoms with van der Waals surface area (Å²) in [6, 6.07) is 53.4. The van der Waals surface area contributed by atoms with E-state index in [1.807, 2.05) is 158 Å². The van der Waals surface area contributed by atoms with Crippen LogP contribution in [0.1, 0.15) is 105 Å². The van der Waals surface area contributed by atoms with E-state index in [1.165, 1.54) is 0 Å². The number of aromatic nitrogens is 6. The largest absolute Gasteiger partial charge is 0.507 e. The lowest BCUT2D eigenvalue weighted by atomic mass is 9.83. The molecule has 10 heteroatoms. The number of benzene rings is 4. The van der Waals surface area contributed by atoms with Crippen LogP contribution in [0.15, 0.2) is 170 Å². The van der Waals surface area contributed by atoms with Crippen molar-refractivity contribution in [2.75, 3.05) is 0 Å². The van der Waals surface area contributed by atoms with Gasteiger partial charge in [-0.05, 0) is 165 Å². The number of hydrogen-bond donors (Lipinski definition) is 4. The normalized spacial score (nSPS) is 12.2. The molecule has 0 aliphatic rings. The standard InChI is InChI=1S/C70H68N6O4/c1-67(2,3)41-31-33-63(77)45(35-41)51-19-13-25-57(71-51)59-27-15-21-53(73-59)47-37-43(69(7,8)9)39-49(65(47)79)55-23-17-29-61(75-55)62-30-18-24-56(76-62)50-40-44(70(10,11)12)38-48(66(50)80)54-22-16-28-60(74-54)58-26-14-20-52(72-58)46-36-42(68(4,5)6)32-34-64(46)78/h13-40,77-80H,1-12H3. The molecule has 6 heterocycles. The molecule has 0 aliphatic heterocycles. The van der Waals surface area contributed by atoms with Gasteiger partial charge in [0.25, 0.3) is 0 Å². The molecule has 10 nitrogen and oxygen atoms in total. The van der Waals surface area contributed by atoms with Crippen LogP contribution in [0.2, 0.25) is 0 Å². The number of pyridine rings is 6. The molecule has 6 aromatic heterocycles. The molecule has 0 amide bonds. The highest BCUT2D eigenvalue weighted by Crippen LogP contribution is 2.45. The molecule has 402 valence electrons. The third kappa shape index (κ3) is 11.2. The van der Waals surface area contributed by atoms with E-state index in [4.69, 9.17) is 29.9 Å². The topological polar surface area (TPSA) is 158 Å². The number of phenolic OH excluding ortho intramolecular Hbond substituents is 4. The molecule has 0 unspecified atom stereocenters. The van der Waals surface area contributed by atoms with Crippen molar-refractivity contribution in [1.29, 1.82) is 0 Å². The van der Waals surface area contributed by atoms with E-state index in [2.05, 4.69) is 83.1 Å². The van der Waals surface area contributed by atoms with Crippen molar-refractivity contribution >= 4 is 0 Å². The van der Waals surface area contributed by atoms with Crippen LogP contribution in [0.4, 0.5) is 0 Å². The molecule has 10 aromatic rings. The van der Waals surface area contributed by atoms with Crippen LogP contribution in [0.3, 0.4) is 0 Å². The summed E-state index contributed by atoms with van der Waals surface area (Å²) in [7, 11) is 0. The molecule has 80 heavy (non-hydrogen) atoms. The highest BCUT2D eigenvalue weighted by molar-refractivity contribution is 5.84. The SMILES string of the molecule is CC(C)(C)c1ccc(O)c(-c2cccc(-c3cccc(-c4cc(C(C)(C)C)cc(-c5cccc(-c6cccc(-c7cc(C(C)(C)C)cc(-c8cccc(-c9cccc(-c%10cc(C(C)(C)C)ccc%10O)n9)n8)c7O)n6)n5)c4O)n3)n2)c1. The quantitative estimate of drug-likeness (QED) is 0.110. The number of nitrogens with zero attached hydrogens (tertiary/aromatic N) is 6. The van der Waals surface area contributed by atoms with Crippen LogP contribution in [-0.4, -0.2) is 50.3 Å². The van der Waals surface area contributed by atoms with Crippen molar-refractivity contribution < 1.29 is 20.4 Å². The summed E-state index contributed by atoms with van der Waals surface area (Å²) in [5.41, 5.74) is 13.8. The van der Waals surface area contributed by atoms with E-state index in [1.54, 1.807) is 12.1 Å². The molecule has 0 saturated heterocycles. The van der Waals surface area contributed by atoms with Crippen molar-refractivity contribution in [3.8, 4) is 125 Å². The Morgan fingerprint density at radius 2 is 0.412 bits per heavy atom. The second kappa shape index (κ2) is 20.7. The summed E-state index contributed by atoms with van der Waals surface area (Å²) in [5, 5.41) is 46.6. The first-order valence-corrected chi connectivity index (χ1v) is 27.1. The zero-order valence-corrected chi connectivity index (χ0v) is 47.6. The fourth-order valence-corrected chi connectivity index (χ4v) is 9.70. The highest BCUT2D eigenvalue weighted by atomic mass is 16.3. The van der Waals surface area contributed by atoms with Crippen molar-refractivity contribution in [1.82, 2.24) is 29.9 Å². The molecule has 4 aromatic carbocycles. The maximum Gasteiger partial charge on any atom is 0.134 e. The lowest BCUT2D eigenvalue weighted by Gasteiger charge is -2.23. The van der Waals surface area contributed by atoms with Crippen LogP contribution in [0.5, 0.6) is 23.0 Å². The summed E-state index contributed by atoms with van der Waals surface area (Å²) < 4.78 is 0. The number of rotatable bonds is 9. The zero-order valence-electron chi connectivity index (χ0n) is 47.6. The second-order valence-electron chi connectivity index (χ2n) is 24.8. The lowest BCUT2D eigenvalue weighted by molar-refractivity contribution is 0.475. The van der Waals surface area contributed by atoms with E-state index in [0.29, 0.717) is 102 Å². The molecule has 0 fully saturated rings. The molecule has 0 bridgehead atoms. The van der Waals surface area contributed by atoms with Gasteiger partial charge in [-0.1, -0.05) is 132 Å². The monoisotopic (exact) mass is 1060 g/mol. The molecular weight excluding hydrogens is 989 g/mol. The fourth-order valence-electron chi connectivity index (χ4n) is 9.70. The minimum atomic E-state index is -0.312. The molecule has 10 rings (SSSR count). The van der Waals surface area contributed by atoms with Gasteiger partial charge in [0.05, 0.1) is 68.3 Å². The van der Waals surface area contributed by atoms with Crippen LogP contribution in [0.25, 0.3) is 102 Å². The minimum Gasteiger partial charge on any atom is -0.507 e. The zero-order chi connectivity index (χ0) is 57.1. The molecule has 0 radical (unpaired) electrons. The minimum absolute atomic E-state index is 0.0300. The first-order valence-electron chi connectivity index (χ1n) is 27.1. The van der Waals surface area contributed by atoms with Crippen molar-refractivity contribution in [2.24, 2.45) is 0 Å². The average molecular weight is 1060 g/mol. The molecular formula is C70H68N6O4. The van der Waals surface area contributed by atoms with Crippen molar-refractivity contribution in [2.45, 2.75) is 105 Å². The van der Waals surface area contributed by atoms with Gasteiger partial charge in [-0.25, -0.2) is 29.9 Å². The third-order valence-electron chi connectivity index (χ3n) is 14.6. The summed E-state index contributed by atoms with van der Waals surface area (Å²) in [4.78, 5) is 30.5. The van der Waals surface area contributed by atoms with Gasteiger partial charge in [0, 0.05) is 33.4 Å².